The molecular weight excluding hydrogens is 290 g/mol. The van der Waals surface area contributed by atoms with Gasteiger partial charge in [-0.2, -0.15) is 16.1 Å². The van der Waals surface area contributed by atoms with E-state index < -0.39 is 16.0 Å². The molecule has 0 aliphatic heterocycles. The first-order chi connectivity index (χ1) is 8.80. The number of aromatic carboxylic acids is 1. The summed E-state index contributed by atoms with van der Waals surface area (Å²) in [6, 6.07) is 2.11. The van der Waals surface area contributed by atoms with Crippen LogP contribution in [0.5, 0.6) is 0 Å². The Morgan fingerprint density at radius 3 is 2.63 bits per heavy atom. The van der Waals surface area contributed by atoms with Crippen LogP contribution < -0.4 is 0 Å². The summed E-state index contributed by atoms with van der Waals surface area (Å²) in [4.78, 5) is 10.7. The maximum absolute atomic E-state index is 12.2. The van der Waals surface area contributed by atoms with Crippen LogP contribution in [0.15, 0.2) is 21.6 Å². The molecule has 19 heavy (non-hydrogen) atoms. The fraction of sp³-hybridized carbons (Fsp3) is 0.545. The number of furan rings is 1. The van der Waals surface area contributed by atoms with Gasteiger partial charge < -0.3 is 9.52 Å². The van der Waals surface area contributed by atoms with E-state index in [0.717, 1.165) is 17.9 Å². The van der Waals surface area contributed by atoms with Crippen LogP contribution in [0, 0.1) is 0 Å². The van der Waals surface area contributed by atoms with Gasteiger partial charge in [0.1, 0.15) is 0 Å². The molecule has 6 nitrogen and oxygen atoms in total. The van der Waals surface area contributed by atoms with Gasteiger partial charge in [0.05, 0.1) is 0 Å². The average molecular weight is 307 g/mol. The van der Waals surface area contributed by atoms with Gasteiger partial charge in [-0.25, -0.2) is 13.2 Å². The number of thioether (sulfide) groups is 1. The molecular formula is C11H17NO5S2. The van der Waals surface area contributed by atoms with E-state index in [9.17, 15) is 13.2 Å². The number of carboxylic acids is 1. The zero-order valence-corrected chi connectivity index (χ0v) is 12.6. The van der Waals surface area contributed by atoms with E-state index in [2.05, 4.69) is 0 Å². The van der Waals surface area contributed by atoms with Crippen LogP contribution >= 0.6 is 11.8 Å². The molecule has 0 saturated carbocycles. The highest BCUT2D eigenvalue weighted by Gasteiger charge is 2.28. The van der Waals surface area contributed by atoms with E-state index in [1.165, 1.54) is 11.4 Å². The lowest BCUT2D eigenvalue weighted by atomic mass is 10.3. The summed E-state index contributed by atoms with van der Waals surface area (Å²) in [7, 11) is -2.33. The first kappa shape index (κ1) is 16.1. The summed E-state index contributed by atoms with van der Waals surface area (Å²) in [5.74, 6) is -0.831. The van der Waals surface area contributed by atoms with E-state index in [1.807, 2.05) is 6.26 Å². The second-order valence-electron chi connectivity index (χ2n) is 4.08. The van der Waals surface area contributed by atoms with Crippen LogP contribution in [0.2, 0.25) is 0 Å². The molecule has 0 radical (unpaired) electrons. The van der Waals surface area contributed by atoms with Crippen molar-refractivity contribution in [3.63, 3.8) is 0 Å². The third-order valence-corrected chi connectivity index (χ3v) is 5.28. The molecule has 0 amide bonds. The van der Waals surface area contributed by atoms with Crippen molar-refractivity contribution >= 4 is 27.8 Å². The normalized spacial score (nSPS) is 13.7. The monoisotopic (exact) mass is 307 g/mol. The molecule has 1 aromatic rings. The quantitative estimate of drug-likeness (QED) is 0.825. The highest BCUT2D eigenvalue weighted by atomic mass is 32.2. The number of carboxylic acid groups (broad SMARTS) is 1. The molecule has 0 aliphatic rings. The first-order valence-electron chi connectivity index (χ1n) is 5.60. The molecule has 0 aromatic carbocycles. The van der Waals surface area contributed by atoms with E-state index >= 15 is 0 Å². The number of carbonyl (C=O) groups is 1. The van der Waals surface area contributed by atoms with Crippen molar-refractivity contribution in [2.24, 2.45) is 0 Å². The predicted octanol–water partition coefficient (Wildman–Crippen LogP) is 1.74. The average Bonchev–Trinajstić information content (AvgIpc) is 2.85. The van der Waals surface area contributed by atoms with Crippen LogP contribution in [-0.4, -0.2) is 48.9 Å². The topological polar surface area (TPSA) is 87.8 Å². The van der Waals surface area contributed by atoms with Crippen molar-refractivity contribution in [1.82, 2.24) is 4.31 Å². The van der Waals surface area contributed by atoms with Crippen molar-refractivity contribution in [3.05, 3.63) is 17.9 Å². The highest BCUT2D eigenvalue weighted by molar-refractivity contribution is 7.98. The lowest BCUT2D eigenvalue weighted by Gasteiger charge is -2.22. The number of hydrogen-bond acceptors (Lipinski definition) is 5. The standard InChI is InChI=1S/C11H17NO5S2/c1-8(6-7-18-3)12(2)19(15,16)10-5-4-9(17-10)11(13)14/h4-5,8H,6-7H2,1-3H3,(H,13,14). The van der Waals surface area contributed by atoms with E-state index in [1.54, 1.807) is 18.7 Å². The minimum atomic E-state index is -3.79. The van der Waals surface area contributed by atoms with E-state index in [4.69, 9.17) is 9.52 Å². The summed E-state index contributed by atoms with van der Waals surface area (Å²) in [6.07, 6.45) is 2.66. The summed E-state index contributed by atoms with van der Waals surface area (Å²) in [6.45, 7) is 1.80. The summed E-state index contributed by atoms with van der Waals surface area (Å²) in [5, 5.41) is 8.38. The first-order valence-corrected chi connectivity index (χ1v) is 8.44. The van der Waals surface area contributed by atoms with Gasteiger partial charge in [-0.05, 0) is 37.5 Å². The number of nitrogens with zero attached hydrogens (tertiary/aromatic N) is 1. The Kier molecular flexibility index (Phi) is 5.45. The molecule has 0 aliphatic carbocycles. The summed E-state index contributed by atoms with van der Waals surface area (Å²) in [5.41, 5.74) is 0. The fourth-order valence-electron chi connectivity index (χ4n) is 1.42. The van der Waals surface area contributed by atoms with Crippen molar-refractivity contribution in [2.45, 2.75) is 24.5 Å². The second kappa shape index (κ2) is 6.44. The van der Waals surface area contributed by atoms with E-state index in [-0.39, 0.29) is 16.9 Å². The minimum absolute atomic E-state index is 0.184. The van der Waals surface area contributed by atoms with Crippen LogP contribution in [0.1, 0.15) is 23.9 Å². The fourth-order valence-corrected chi connectivity index (χ4v) is 3.30. The van der Waals surface area contributed by atoms with Gasteiger partial charge in [-0.15, -0.1) is 0 Å². The smallest absolute Gasteiger partial charge is 0.371 e. The molecule has 1 rings (SSSR count). The highest BCUT2D eigenvalue weighted by Crippen LogP contribution is 2.21. The Hall–Kier alpha value is -0.990. The molecule has 108 valence electrons. The largest absolute Gasteiger partial charge is 0.475 e. The summed E-state index contributed by atoms with van der Waals surface area (Å²) < 4.78 is 30.5. The molecule has 1 unspecified atom stereocenters. The Morgan fingerprint density at radius 2 is 2.16 bits per heavy atom. The van der Waals surface area contributed by atoms with Crippen LogP contribution in [0.3, 0.4) is 0 Å². The van der Waals surface area contributed by atoms with Gasteiger partial charge >= 0.3 is 5.97 Å². The molecule has 8 heteroatoms. The third-order valence-electron chi connectivity index (χ3n) is 2.79. The zero-order chi connectivity index (χ0) is 14.6. The zero-order valence-electron chi connectivity index (χ0n) is 11.0. The maximum Gasteiger partial charge on any atom is 0.371 e. The van der Waals surface area contributed by atoms with Gasteiger partial charge in [0, 0.05) is 13.1 Å². The van der Waals surface area contributed by atoms with Crippen molar-refractivity contribution in [3.8, 4) is 0 Å². The van der Waals surface area contributed by atoms with Gasteiger partial charge in [0.25, 0.3) is 10.0 Å². The number of rotatable bonds is 7. The SMILES string of the molecule is CSCCC(C)N(C)S(=O)(=O)c1ccc(C(=O)O)o1. The minimum Gasteiger partial charge on any atom is -0.475 e. The Labute approximate surface area is 116 Å². The molecule has 0 spiro atoms. The van der Waals surface area contributed by atoms with Crippen molar-refractivity contribution < 1.29 is 22.7 Å². The van der Waals surface area contributed by atoms with E-state index in [0.29, 0.717) is 6.42 Å². The van der Waals surface area contributed by atoms with Gasteiger partial charge in [0.15, 0.2) is 0 Å². The molecule has 0 fully saturated rings. The predicted molar refractivity (Wildman–Crippen MR) is 73.1 cm³/mol. The molecule has 1 aromatic heterocycles. The Morgan fingerprint density at radius 1 is 1.53 bits per heavy atom. The lowest BCUT2D eigenvalue weighted by Crippen LogP contribution is -2.35. The Balaban J connectivity index is 2.92. The lowest BCUT2D eigenvalue weighted by molar-refractivity contribution is 0.0656. The van der Waals surface area contributed by atoms with Gasteiger partial charge in [0.2, 0.25) is 10.9 Å². The van der Waals surface area contributed by atoms with Crippen LogP contribution in [0.4, 0.5) is 0 Å². The van der Waals surface area contributed by atoms with Crippen molar-refractivity contribution in [2.75, 3.05) is 19.1 Å². The molecule has 0 bridgehead atoms. The van der Waals surface area contributed by atoms with Crippen LogP contribution in [0.25, 0.3) is 0 Å². The van der Waals surface area contributed by atoms with Crippen LogP contribution in [-0.2, 0) is 10.0 Å². The molecule has 1 N–H and O–H groups in total. The third kappa shape index (κ3) is 3.74. The molecule has 1 atom stereocenters. The van der Waals surface area contributed by atoms with Crippen molar-refractivity contribution in [1.29, 1.82) is 0 Å². The summed E-state index contributed by atoms with van der Waals surface area (Å²) >= 11 is 1.64. The van der Waals surface area contributed by atoms with Gasteiger partial charge in [-0.3, -0.25) is 0 Å². The Bertz CT molecular complexity index is 537. The van der Waals surface area contributed by atoms with Gasteiger partial charge in [-0.1, -0.05) is 0 Å². The molecule has 1 heterocycles. The second-order valence-corrected chi connectivity index (χ2v) is 6.99. The number of sulfonamides is 1. The molecule has 0 saturated heterocycles. The number of hydrogen-bond donors (Lipinski definition) is 1. The maximum atomic E-state index is 12.2.